The largest absolute Gasteiger partial charge is 0.326 e. The maximum absolute atomic E-state index is 12.3. The van der Waals surface area contributed by atoms with Gasteiger partial charge in [-0.1, -0.05) is 18.2 Å². The summed E-state index contributed by atoms with van der Waals surface area (Å²) in [5, 5.41) is 7.72. The van der Waals surface area contributed by atoms with Crippen LogP contribution in [0.5, 0.6) is 0 Å². The molecule has 0 aliphatic carbocycles. The third-order valence-corrected chi connectivity index (χ3v) is 5.84. The first kappa shape index (κ1) is 19.9. The molecule has 1 saturated heterocycles. The highest BCUT2D eigenvalue weighted by Gasteiger charge is 2.43. The predicted molar refractivity (Wildman–Crippen MR) is 110 cm³/mol. The molecule has 2 aromatic carbocycles. The zero-order chi connectivity index (χ0) is 20.3. The van der Waals surface area contributed by atoms with Crippen LogP contribution in [0.3, 0.4) is 0 Å². The Labute approximate surface area is 168 Å². The minimum atomic E-state index is -1.14. The average molecular weight is 398 g/mol. The van der Waals surface area contributed by atoms with Crippen LogP contribution in [0.1, 0.15) is 30.0 Å². The lowest BCUT2D eigenvalue weighted by atomic mass is 9.92. The summed E-state index contributed by atoms with van der Waals surface area (Å²) in [4.78, 5) is 37.0. The van der Waals surface area contributed by atoms with Gasteiger partial charge in [-0.3, -0.25) is 14.9 Å². The highest BCUT2D eigenvalue weighted by molar-refractivity contribution is 7.99. The Hall–Kier alpha value is -2.80. The molecule has 3 rings (SSSR count). The van der Waals surface area contributed by atoms with E-state index in [4.69, 9.17) is 0 Å². The maximum atomic E-state index is 12.3. The summed E-state index contributed by atoms with van der Waals surface area (Å²) in [5.74, 6) is 0.161. The lowest BCUT2D eigenvalue weighted by Gasteiger charge is -2.21. The van der Waals surface area contributed by atoms with Crippen LogP contribution in [0, 0.1) is 13.8 Å². The summed E-state index contributed by atoms with van der Waals surface area (Å²) >= 11 is 1.64. The van der Waals surface area contributed by atoms with Crippen LogP contribution in [0.25, 0.3) is 0 Å². The van der Waals surface area contributed by atoms with E-state index in [1.165, 1.54) is 11.1 Å². The molecule has 0 saturated carbocycles. The molecular formula is C21H23N3O3S. The van der Waals surface area contributed by atoms with E-state index in [1.54, 1.807) is 43.0 Å². The second-order valence-electron chi connectivity index (χ2n) is 7.01. The normalized spacial score (nSPS) is 18.5. The third kappa shape index (κ3) is 4.36. The smallest absolute Gasteiger partial charge is 0.322 e. The SMILES string of the molecule is Cc1ccc(SCCC(=O)Nc2cccc([C@]3(C)NC(=O)NC3=O)c2)cc1C. The molecule has 0 spiro atoms. The molecule has 0 aromatic heterocycles. The third-order valence-electron chi connectivity index (χ3n) is 4.84. The van der Waals surface area contributed by atoms with E-state index >= 15 is 0 Å². The quantitative estimate of drug-likeness (QED) is 0.514. The van der Waals surface area contributed by atoms with Gasteiger partial charge < -0.3 is 10.6 Å². The van der Waals surface area contributed by atoms with Gasteiger partial charge in [-0.15, -0.1) is 11.8 Å². The number of imide groups is 1. The van der Waals surface area contributed by atoms with Crippen molar-refractivity contribution in [2.24, 2.45) is 0 Å². The number of benzene rings is 2. The molecule has 2 aromatic rings. The molecule has 3 N–H and O–H groups in total. The lowest BCUT2D eigenvalue weighted by Crippen LogP contribution is -2.40. The maximum Gasteiger partial charge on any atom is 0.322 e. The topological polar surface area (TPSA) is 87.3 Å². The second kappa shape index (κ2) is 8.06. The number of urea groups is 1. The standard InChI is InChI=1S/C21H23N3O3S/c1-13-7-8-17(11-14(13)2)28-10-9-18(25)22-16-6-4-5-15(12-16)21(3)19(26)23-20(27)24-21/h4-8,11-12H,9-10H2,1-3H3,(H,22,25)(H2,23,24,26,27)/t21-/m0/s1. The number of carbonyl (C=O) groups is 3. The van der Waals surface area contributed by atoms with E-state index in [0.29, 0.717) is 23.4 Å². The summed E-state index contributed by atoms with van der Waals surface area (Å²) in [6.07, 6.45) is 0.371. The van der Waals surface area contributed by atoms with Crippen molar-refractivity contribution in [2.75, 3.05) is 11.1 Å². The van der Waals surface area contributed by atoms with Gasteiger partial charge in [-0.05, 0) is 61.7 Å². The number of anilines is 1. The Kier molecular flexibility index (Phi) is 5.74. The van der Waals surface area contributed by atoms with Crippen molar-refractivity contribution in [2.45, 2.75) is 37.6 Å². The number of carbonyl (C=O) groups excluding carboxylic acids is 3. The van der Waals surface area contributed by atoms with E-state index in [1.807, 2.05) is 0 Å². The average Bonchev–Trinajstić information content (AvgIpc) is 2.91. The molecule has 4 amide bonds. The van der Waals surface area contributed by atoms with Gasteiger partial charge in [0.25, 0.3) is 5.91 Å². The zero-order valence-electron chi connectivity index (χ0n) is 16.1. The fourth-order valence-electron chi connectivity index (χ4n) is 2.94. The summed E-state index contributed by atoms with van der Waals surface area (Å²) < 4.78 is 0. The molecule has 7 heteroatoms. The molecule has 28 heavy (non-hydrogen) atoms. The Morgan fingerprint density at radius 2 is 1.89 bits per heavy atom. The molecular weight excluding hydrogens is 374 g/mol. The number of aryl methyl sites for hydroxylation is 2. The van der Waals surface area contributed by atoms with Crippen LogP contribution in [0.4, 0.5) is 10.5 Å². The monoisotopic (exact) mass is 397 g/mol. The van der Waals surface area contributed by atoms with Crippen molar-refractivity contribution in [3.05, 3.63) is 59.2 Å². The first-order chi connectivity index (χ1) is 13.3. The first-order valence-electron chi connectivity index (χ1n) is 9.02. The van der Waals surface area contributed by atoms with Crippen LogP contribution in [-0.4, -0.2) is 23.6 Å². The molecule has 0 unspecified atom stereocenters. The van der Waals surface area contributed by atoms with Crippen LogP contribution in [0.15, 0.2) is 47.4 Å². The van der Waals surface area contributed by atoms with E-state index in [-0.39, 0.29) is 5.91 Å². The molecule has 1 atom stereocenters. The fourth-order valence-corrected chi connectivity index (χ4v) is 3.89. The predicted octanol–water partition coefficient (Wildman–Crippen LogP) is 3.48. The number of nitrogens with one attached hydrogen (secondary N) is 3. The Bertz CT molecular complexity index is 944. The number of rotatable bonds is 6. The zero-order valence-corrected chi connectivity index (χ0v) is 16.9. The molecule has 0 radical (unpaired) electrons. The van der Waals surface area contributed by atoms with Crippen molar-refractivity contribution < 1.29 is 14.4 Å². The molecule has 6 nitrogen and oxygen atoms in total. The molecule has 1 aliphatic rings. The molecule has 1 heterocycles. The van der Waals surface area contributed by atoms with Crippen LogP contribution in [-0.2, 0) is 15.1 Å². The summed E-state index contributed by atoms with van der Waals surface area (Å²) in [7, 11) is 0. The highest BCUT2D eigenvalue weighted by Crippen LogP contribution is 2.27. The molecule has 1 aliphatic heterocycles. The second-order valence-corrected chi connectivity index (χ2v) is 8.18. The van der Waals surface area contributed by atoms with E-state index in [0.717, 1.165) is 4.90 Å². The van der Waals surface area contributed by atoms with Gasteiger partial charge in [0.1, 0.15) is 5.54 Å². The van der Waals surface area contributed by atoms with Gasteiger partial charge in [0, 0.05) is 22.8 Å². The minimum absolute atomic E-state index is 0.0986. The van der Waals surface area contributed by atoms with Gasteiger partial charge in [-0.2, -0.15) is 0 Å². The molecule has 146 valence electrons. The number of hydrogen-bond donors (Lipinski definition) is 3. The Morgan fingerprint density at radius 1 is 1.11 bits per heavy atom. The van der Waals surface area contributed by atoms with E-state index in [2.05, 4.69) is 48.0 Å². The van der Waals surface area contributed by atoms with Gasteiger partial charge in [0.2, 0.25) is 5.91 Å². The Balaban J connectivity index is 1.58. The van der Waals surface area contributed by atoms with Gasteiger partial charge in [0.05, 0.1) is 0 Å². The summed E-state index contributed by atoms with van der Waals surface area (Å²) in [5.41, 5.74) is 2.55. The highest BCUT2D eigenvalue weighted by atomic mass is 32.2. The van der Waals surface area contributed by atoms with Gasteiger partial charge in [-0.25, -0.2) is 4.79 Å². The van der Waals surface area contributed by atoms with Crippen molar-refractivity contribution in [3.63, 3.8) is 0 Å². The summed E-state index contributed by atoms with van der Waals surface area (Å²) in [6, 6.07) is 12.7. The lowest BCUT2D eigenvalue weighted by molar-refractivity contribution is -0.123. The molecule has 1 fully saturated rings. The Morgan fingerprint density at radius 3 is 2.57 bits per heavy atom. The first-order valence-corrected chi connectivity index (χ1v) is 10.0. The van der Waals surface area contributed by atoms with Crippen LogP contribution >= 0.6 is 11.8 Å². The molecule has 0 bridgehead atoms. The van der Waals surface area contributed by atoms with Crippen LogP contribution < -0.4 is 16.0 Å². The van der Waals surface area contributed by atoms with Crippen molar-refractivity contribution in [1.82, 2.24) is 10.6 Å². The minimum Gasteiger partial charge on any atom is -0.326 e. The van der Waals surface area contributed by atoms with Crippen molar-refractivity contribution in [1.29, 1.82) is 0 Å². The van der Waals surface area contributed by atoms with E-state index < -0.39 is 17.5 Å². The van der Waals surface area contributed by atoms with Gasteiger partial charge >= 0.3 is 6.03 Å². The number of thioether (sulfide) groups is 1. The number of hydrogen-bond acceptors (Lipinski definition) is 4. The number of amides is 4. The van der Waals surface area contributed by atoms with E-state index in [9.17, 15) is 14.4 Å². The van der Waals surface area contributed by atoms with Crippen molar-refractivity contribution >= 4 is 35.3 Å². The van der Waals surface area contributed by atoms with Gasteiger partial charge in [0.15, 0.2) is 0 Å². The van der Waals surface area contributed by atoms with Crippen molar-refractivity contribution in [3.8, 4) is 0 Å². The summed E-state index contributed by atoms with van der Waals surface area (Å²) in [6.45, 7) is 5.79. The fraction of sp³-hybridized carbons (Fsp3) is 0.286. The van der Waals surface area contributed by atoms with Crippen LogP contribution in [0.2, 0.25) is 0 Å².